The maximum absolute atomic E-state index is 9.70. The Balaban J connectivity index is 1.47. The number of nitriles is 1. The summed E-state index contributed by atoms with van der Waals surface area (Å²) in [5.41, 5.74) is 3.18. The van der Waals surface area contributed by atoms with E-state index < -0.39 is 0 Å². The highest BCUT2D eigenvalue weighted by atomic mass is 35.5. The number of nitrogens with one attached hydrogen (secondary N) is 1. The number of benzene rings is 2. The number of anilines is 2. The second-order valence-electron chi connectivity index (χ2n) is 8.14. The highest BCUT2D eigenvalue weighted by molar-refractivity contribution is 6.37. The molecule has 0 aliphatic carbocycles. The predicted octanol–water partition coefficient (Wildman–Crippen LogP) is 6.26. The molecule has 2 aromatic heterocycles. The maximum atomic E-state index is 9.70. The zero-order chi connectivity index (χ0) is 24.4. The summed E-state index contributed by atoms with van der Waals surface area (Å²) >= 11 is 12.6. The largest absolute Gasteiger partial charge is 0.495 e. The van der Waals surface area contributed by atoms with Crippen LogP contribution in [0.2, 0.25) is 10.0 Å². The van der Waals surface area contributed by atoms with Crippen molar-refractivity contribution in [3.8, 4) is 23.1 Å². The number of morpholine rings is 1. The fraction of sp³-hybridized carbons (Fsp3) is 0.231. The lowest BCUT2D eigenvalue weighted by atomic mass is 10.1. The normalized spacial score (nSPS) is 14.1. The minimum atomic E-state index is 0.390. The Bertz CT molecular complexity index is 1420. The first kappa shape index (κ1) is 23.5. The molecule has 1 aliphatic rings. The van der Waals surface area contributed by atoms with Gasteiger partial charge in [-0.3, -0.25) is 9.88 Å². The van der Waals surface area contributed by atoms with Crippen molar-refractivity contribution in [2.24, 2.45) is 0 Å². The van der Waals surface area contributed by atoms with E-state index in [4.69, 9.17) is 37.1 Å². The molecule has 3 heterocycles. The third-order valence-corrected chi connectivity index (χ3v) is 6.53. The topological polar surface area (TPSA) is 83.5 Å². The summed E-state index contributed by atoms with van der Waals surface area (Å²) in [6.07, 6.45) is 1.54. The number of methoxy groups -OCH3 is 1. The molecule has 1 fully saturated rings. The number of nitrogens with zero attached hydrogens (tertiary/aromatic N) is 3. The van der Waals surface area contributed by atoms with Crippen LogP contribution in [-0.2, 0) is 11.3 Å². The zero-order valence-electron chi connectivity index (χ0n) is 19.0. The Morgan fingerprint density at radius 1 is 1.11 bits per heavy atom. The van der Waals surface area contributed by atoms with Crippen molar-refractivity contribution < 1.29 is 13.9 Å². The van der Waals surface area contributed by atoms with Crippen molar-refractivity contribution in [3.63, 3.8) is 0 Å². The second-order valence-corrected chi connectivity index (χ2v) is 8.95. The molecule has 0 bridgehead atoms. The van der Waals surface area contributed by atoms with Crippen LogP contribution in [-0.4, -0.2) is 43.3 Å². The minimum Gasteiger partial charge on any atom is -0.495 e. The summed E-state index contributed by atoms with van der Waals surface area (Å²) in [4.78, 5) is 6.82. The van der Waals surface area contributed by atoms with E-state index in [9.17, 15) is 5.26 Å². The number of ether oxygens (including phenoxy) is 2. The van der Waals surface area contributed by atoms with Crippen LogP contribution in [0.15, 0.2) is 53.1 Å². The first-order valence-corrected chi connectivity index (χ1v) is 11.8. The van der Waals surface area contributed by atoms with E-state index in [-0.39, 0.29) is 0 Å². The summed E-state index contributed by atoms with van der Waals surface area (Å²) < 4.78 is 16.8. The number of rotatable bonds is 6. The van der Waals surface area contributed by atoms with E-state index >= 15 is 0 Å². The summed E-state index contributed by atoms with van der Waals surface area (Å²) in [5.74, 6) is 2.15. The fourth-order valence-electron chi connectivity index (χ4n) is 4.08. The quantitative estimate of drug-likeness (QED) is 0.329. The predicted molar refractivity (Wildman–Crippen MR) is 137 cm³/mol. The highest BCUT2D eigenvalue weighted by Gasteiger charge is 2.16. The Morgan fingerprint density at radius 2 is 1.94 bits per heavy atom. The number of aromatic nitrogens is 1. The average molecular weight is 509 g/mol. The van der Waals surface area contributed by atoms with Gasteiger partial charge in [0.2, 0.25) is 0 Å². The van der Waals surface area contributed by atoms with Gasteiger partial charge in [0.25, 0.3) is 0 Å². The van der Waals surface area contributed by atoms with Crippen molar-refractivity contribution >= 4 is 45.5 Å². The fourth-order valence-corrected chi connectivity index (χ4v) is 4.59. The van der Waals surface area contributed by atoms with Gasteiger partial charge in [-0.25, -0.2) is 0 Å². The first-order chi connectivity index (χ1) is 17.1. The van der Waals surface area contributed by atoms with Crippen LogP contribution in [0.4, 0.5) is 11.4 Å². The third kappa shape index (κ3) is 4.93. The molecule has 2 aromatic carbocycles. The van der Waals surface area contributed by atoms with Gasteiger partial charge < -0.3 is 19.2 Å². The Morgan fingerprint density at radius 3 is 2.71 bits per heavy atom. The van der Waals surface area contributed by atoms with Crippen LogP contribution in [0.1, 0.15) is 11.3 Å². The molecule has 0 amide bonds. The number of halogens is 2. The molecule has 0 atom stereocenters. The second kappa shape index (κ2) is 10.1. The van der Waals surface area contributed by atoms with Crippen LogP contribution in [0.25, 0.3) is 22.2 Å². The van der Waals surface area contributed by atoms with Crippen molar-refractivity contribution in [2.75, 3.05) is 38.7 Å². The molecule has 178 valence electrons. The van der Waals surface area contributed by atoms with Crippen molar-refractivity contribution in [1.29, 1.82) is 5.26 Å². The standard InChI is InChI=1S/C26H22Cl2N4O3/c1-33-25-12-23(20(27)11-21(25)28)31-26-17(13-29)14-30-22-10-16(2-4-19(22)26)24-5-3-18(35-24)15-32-6-8-34-9-7-32/h2-5,10-12,14H,6-9,15H2,1H3,(H,30,31). The van der Waals surface area contributed by atoms with Crippen LogP contribution in [0.3, 0.4) is 0 Å². The molecular formula is C26H22Cl2N4O3. The van der Waals surface area contributed by atoms with Gasteiger partial charge in [0.05, 0.1) is 59.4 Å². The molecule has 4 aromatic rings. The molecule has 1 N–H and O–H groups in total. The number of hydrogen-bond acceptors (Lipinski definition) is 7. The summed E-state index contributed by atoms with van der Waals surface area (Å²) in [7, 11) is 1.53. The van der Waals surface area contributed by atoms with Crippen LogP contribution >= 0.6 is 23.2 Å². The zero-order valence-corrected chi connectivity index (χ0v) is 20.5. The first-order valence-electron chi connectivity index (χ1n) is 11.1. The molecule has 9 heteroatoms. The minimum absolute atomic E-state index is 0.390. The Kier molecular flexibility index (Phi) is 6.80. The van der Waals surface area contributed by atoms with Crippen LogP contribution < -0.4 is 10.1 Å². The van der Waals surface area contributed by atoms with E-state index in [1.54, 1.807) is 18.3 Å². The van der Waals surface area contributed by atoms with Gasteiger partial charge in [-0.15, -0.1) is 0 Å². The molecule has 35 heavy (non-hydrogen) atoms. The van der Waals surface area contributed by atoms with E-state index in [1.807, 2.05) is 30.3 Å². The lowest BCUT2D eigenvalue weighted by Gasteiger charge is -2.25. The number of fused-ring (bicyclic) bond motifs is 1. The lowest BCUT2D eigenvalue weighted by Crippen LogP contribution is -2.35. The van der Waals surface area contributed by atoms with E-state index in [1.165, 1.54) is 7.11 Å². The van der Waals surface area contributed by atoms with Gasteiger partial charge >= 0.3 is 0 Å². The van der Waals surface area contributed by atoms with Crippen LogP contribution in [0.5, 0.6) is 5.75 Å². The Labute approximate surface area is 212 Å². The number of pyridine rings is 1. The van der Waals surface area contributed by atoms with Gasteiger partial charge in [0.15, 0.2) is 0 Å². The molecule has 1 aliphatic heterocycles. The Hall–Kier alpha value is -3.28. The molecule has 5 rings (SSSR count). The van der Waals surface area contributed by atoms with E-state index in [0.717, 1.165) is 55.3 Å². The monoisotopic (exact) mass is 508 g/mol. The van der Waals surface area contributed by atoms with Gasteiger partial charge in [-0.05, 0) is 30.3 Å². The van der Waals surface area contributed by atoms with Gasteiger partial charge in [0, 0.05) is 36.3 Å². The maximum Gasteiger partial charge on any atom is 0.139 e. The third-order valence-electron chi connectivity index (χ3n) is 5.92. The van der Waals surface area contributed by atoms with Crippen molar-refractivity contribution in [1.82, 2.24) is 9.88 Å². The molecule has 1 saturated heterocycles. The SMILES string of the molecule is COc1cc(Nc2c(C#N)cnc3cc(-c4ccc(CN5CCOCC5)o4)ccc23)c(Cl)cc1Cl. The molecule has 0 saturated carbocycles. The molecular weight excluding hydrogens is 487 g/mol. The van der Waals surface area contributed by atoms with Crippen LogP contribution in [0, 0.1) is 11.3 Å². The highest BCUT2D eigenvalue weighted by Crippen LogP contribution is 2.38. The van der Waals surface area contributed by atoms with Gasteiger partial charge in [0.1, 0.15) is 23.3 Å². The average Bonchev–Trinajstić information content (AvgIpc) is 3.34. The number of hydrogen-bond donors (Lipinski definition) is 1. The lowest BCUT2D eigenvalue weighted by molar-refractivity contribution is 0.0314. The van der Waals surface area contributed by atoms with Gasteiger partial charge in [-0.1, -0.05) is 29.3 Å². The van der Waals surface area contributed by atoms with E-state index in [0.29, 0.717) is 38.2 Å². The van der Waals surface area contributed by atoms with E-state index in [2.05, 4.69) is 21.3 Å². The summed E-state index contributed by atoms with van der Waals surface area (Å²) in [6, 6.07) is 15.3. The van der Waals surface area contributed by atoms with Crippen molar-refractivity contribution in [2.45, 2.75) is 6.54 Å². The smallest absolute Gasteiger partial charge is 0.139 e. The number of furan rings is 1. The summed E-state index contributed by atoms with van der Waals surface area (Å²) in [5, 5.41) is 14.6. The molecule has 0 spiro atoms. The van der Waals surface area contributed by atoms with Crippen molar-refractivity contribution in [3.05, 3.63) is 70.0 Å². The molecule has 0 unspecified atom stereocenters. The molecule has 7 nitrogen and oxygen atoms in total. The summed E-state index contributed by atoms with van der Waals surface area (Å²) in [6.45, 7) is 4.05. The molecule has 0 radical (unpaired) electrons. The van der Waals surface area contributed by atoms with Gasteiger partial charge in [-0.2, -0.15) is 5.26 Å².